The van der Waals surface area contributed by atoms with Gasteiger partial charge in [0.15, 0.2) is 0 Å². The number of rotatable bonds is 3. The van der Waals surface area contributed by atoms with Crippen LogP contribution in [0.15, 0.2) is 22.8 Å². The topological polar surface area (TPSA) is 91.4 Å². The maximum absolute atomic E-state index is 12.3. The molecular formula is C19H24O7. The lowest BCUT2D eigenvalue weighted by Gasteiger charge is -2.21. The molecule has 2 heterocycles. The van der Waals surface area contributed by atoms with Crippen LogP contribution in [-0.4, -0.2) is 48.4 Å². The van der Waals surface area contributed by atoms with Gasteiger partial charge in [0, 0.05) is 20.3 Å². The molecule has 3 rings (SSSR count). The Morgan fingerprint density at radius 2 is 2.04 bits per heavy atom. The Morgan fingerprint density at radius 1 is 1.31 bits per heavy atom. The summed E-state index contributed by atoms with van der Waals surface area (Å²) in [5.41, 5.74) is 1.68. The van der Waals surface area contributed by atoms with Gasteiger partial charge < -0.3 is 18.9 Å². The number of esters is 3. The summed E-state index contributed by atoms with van der Waals surface area (Å²) < 4.78 is 21.8. The summed E-state index contributed by atoms with van der Waals surface area (Å²) >= 11 is 0. The van der Waals surface area contributed by atoms with Gasteiger partial charge in [-0.05, 0) is 43.9 Å². The van der Waals surface area contributed by atoms with Crippen molar-refractivity contribution in [1.29, 1.82) is 0 Å². The molecule has 7 heteroatoms. The Balaban J connectivity index is 1.93. The van der Waals surface area contributed by atoms with E-state index in [4.69, 9.17) is 18.9 Å². The normalized spacial score (nSPS) is 33.5. The zero-order valence-corrected chi connectivity index (χ0v) is 15.5. The van der Waals surface area contributed by atoms with Gasteiger partial charge in [-0.3, -0.25) is 9.59 Å². The van der Waals surface area contributed by atoms with Gasteiger partial charge in [0.25, 0.3) is 0 Å². The first-order valence-electron chi connectivity index (χ1n) is 8.79. The molecule has 142 valence electrons. The largest absolute Gasteiger partial charge is 0.461 e. The molecule has 26 heavy (non-hydrogen) atoms. The summed E-state index contributed by atoms with van der Waals surface area (Å²) in [5.74, 6) is -1.29. The van der Waals surface area contributed by atoms with E-state index in [2.05, 4.69) is 0 Å². The van der Waals surface area contributed by atoms with E-state index in [1.54, 1.807) is 0 Å². The molecule has 7 nitrogen and oxygen atoms in total. The molecule has 1 fully saturated rings. The molecule has 4 unspecified atom stereocenters. The second kappa shape index (κ2) is 6.87. The molecule has 0 radical (unpaired) electrons. The minimum atomic E-state index is -0.537. The molecule has 2 aliphatic heterocycles. The minimum absolute atomic E-state index is 0.00212. The van der Waals surface area contributed by atoms with Crippen LogP contribution in [-0.2, 0) is 33.3 Å². The quantitative estimate of drug-likeness (QED) is 0.327. The summed E-state index contributed by atoms with van der Waals surface area (Å²) in [5, 5.41) is 0. The van der Waals surface area contributed by atoms with Crippen molar-refractivity contribution >= 4 is 17.9 Å². The number of carbonyl (C=O) groups excluding carboxylic acids is 3. The minimum Gasteiger partial charge on any atom is -0.461 e. The maximum atomic E-state index is 12.3. The number of fused-ring (bicyclic) bond motifs is 2. The van der Waals surface area contributed by atoms with E-state index in [9.17, 15) is 14.4 Å². The van der Waals surface area contributed by atoms with Crippen LogP contribution in [0.1, 0.15) is 47.0 Å². The zero-order chi connectivity index (χ0) is 19.1. The van der Waals surface area contributed by atoms with E-state index in [1.165, 1.54) is 13.8 Å². The highest BCUT2D eigenvalue weighted by Gasteiger charge is 2.53. The van der Waals surface area contributed by atoms with Crippen LogP contribution in [0.2, 0.25) is 0 Å². The summed E-state index contributed by atoms with van der Waals surface area (Å²) in [7, 11) is 0. The molecule has 0 saturated carbocycles. The standard InChI is InChI=1S/C19H24O7/c1-10-7-16-13(14(18(22)25-16)9-23-11(2)20)5-6-19(4)17(26-19)8-15(10)24-12(3)21/h7,15-17H,5-6,8-9H2,1-4H3. The van der Waals surface area contributed by atoms with Crippen LogP contribution in [0.3, 0.4) is 0 Å². The van der Waals surface area contributed by atoms with Crippen molar-refractivity contribution in [2.75, 3.05) is 6.61 Å². The molecule has 0 N–H and O–H groups in total. The third-order valence-corrected chi connectivity index (χ3v) is 5.22. The van der Waals surface area contributed by atoms with Gasteiger partial charge in [0.1, 0.15) is 18.8 Å². The van der Waals surface area contributed by atoms with Crippen LogP contribution in [0.5, 0.6) is 0 Å². The molecule has 1 saturated heterocycles. The molecule has 3 aliphatic rings. The molecule has 0 aromatic rings. The highest BCUT2D eigenvalue weighted by atomic mass is 16.6. The summed E-state index contributed by atoms with van der Waals surface area (Å²) in [6.07, 6.45) is 2.76. The summed E-state index contributed by atoms with van der Waals surface area (Å²) in [6, 6.07) is 0. The number of carbonyl (C=O) groups is 3. The lowest BCUT2D eigenvalue weighted by Crippen LogP contribution is -2.25. The predicted octanol–water partition coefficient (Wildman–Crippen LogP) is 1.99. The molecule has 0 amide bonds. The van der Waals surface area contributed by atoms with Crippen molar-refractivity contribution in [3.05, 3.63) is 22.8 Å². The average Bonchev–Trinajstić information content (AvgIpc) is 3.06. The van der Waals surface area contributed by atoms with Gasteiger partial charge in [-0.1, -0.05) is 0 Å². The van der Waals surface area contributed by atoms with Crippen LogP contribution < -0.4 is 0 Å². The SMILES string of the molecule is CC(=O)OCC1=C2CCC3(C)OC3CC(OC(C)=O)C(C)=CC2OC1=O. The first kappa shape index (κ1) is 18.6. The van der Waals surface area contributed by atoms with Gasteiger partial charge in [0.05, 0.1) is 17.3 Å². The third kappa shape index (κ3) is 3.82. The summed E-state index contributed by atoms with van der Waals surface area (Å²) in [4.78, 5) is 34.8. The van der Waals surface area contributed by atoms with Crippen molar-refractivity contribution in [2.45, 2.75) is 70.9 Å². The Hall–Kier alpha value is -2.15. The molecule has 4 atom stereocenters. The van der Waals surface area contributed by atoms with E-state index in [0.29, 0.717) is 24.8 Å². The Bertz CT molecular complexity index is 705. The average molecular weight is 364 g/mol. The van der Waals surface area contributed by atoms with Crippen molar-refractivity contribution in [1.82, 2.24) is 0 Å². The van der Waals surface area contributed by atoms with E-state index in [1.807, 2.05) is 19.9 Å². The fraction of sp³-hybridized carbons (Fsp3) is 0.632. The number of hydrogen-bond donors (Lipinski definition) is 0. The monoisotopic (exact) mass is 364 g/mol. The molecule has 0 bridgehead atoms. The molecule has 1 aliphatic carbocycles. The van der Waals surface area contributed by atoms with Gasteiger partial charge in [0.2, 0.25) is 0 Å². The Kier molecular flexibility index (Phi) is 4.92. The van der Waals surface area contributed by atoms with Crippen LogP contribution in [0.25, 0.3) is 0 Å². The van der Waals surface area contributed by atoms with Crippen LogP contribution >= 0.6 is 0 Å². The van der Waals surface area contributed by atoms with Crippen molar-refractivity contribution in [2.24, 2.45) is 0 Å². The number of hydrogen-bond acceptors (Lipinski definition) is 7. The van der Waals surface area contributed by atoms with E-state index >= 15 is 0 Å². The van der Waals surface area contributed by atoms with Crippen molar-refractivity contribution < 1.29 is 33.3 Å². The lowest BCUT2D eigenvalue weighted by atomic mass is 9.88. The van der Waals surface area contributed by atoms with Crippen molar-refractivity contribution in [3.8, 4) is 0 Å². The smallest absolute Gasteiger partial charge is 0.338 e. The van der Waals surface area contributed by atoms with E-state index < -0.39 is 24.1 Å². The first-order chi connectivity index (χ1) is 12.2. The predicted molar refractivity (Wildman–Crippen MR) is 90.0 cm³/mol. The van der Waals surface area contributed by atoms with E-state index in [-0.39, 0.29) is 24.3 Å². The second-order valence-electron chi connectivity index (χ2n) is 7.27. The number of epoxide rings is 1. The second-order valence-corrected chi connectivity index (χ2v) is 7.27. The van der Waals surface area contributed by atoms with Gasteiger partial charge >= 0.3 is 17.9 Å². The zero-order valence-electron chi connectivity index (χ0n) is 15.5. The highest BCUT2D eigenvalue weighted by molar-refractivity contribution is 5.93. The van der Waals surface area contributed by atoms with Gasteiger partial charge in [-0.2, -0.15) is 0 Å². The lowest BCUT2D eigenvalue weighted by molar-refractivity contribution is -0.146. The molecular weight excluding hydrogens is 340 g/mol. The van der Waals surface area contributed by atoms with E-state index in [0.717, 1.165) is 11.1 Å². The third-order valence-electron chi connectivity index (χ3n) is 5.22. The number of ether oxygens (including phenoxy) is 4. The fourth-order valence-corrected chi connectivity index (χ4v) is 3.57. The molecule has 0 aromatic carbocycles. The van der Waals surface area contributed by atoms with Gasteiger partial charge in [-0.25, -0.2) is 4.79 Å². The first-order valence-corrected chi connectivity index (χ1v) is 8.79. The van der Waals surface area contributed by atoms with Crippen LogP contribution in [0, 0.1) is 0 Å². The van der Waals surface area contributed by atoms with Gasteiger partial charge in [-0.15, -0.1) is 0 Å². The van der Waals surface area contributed by atoms with Crippen LogP contribution in [0.4, 0.5) is 0 Å². The Labute approximate surface area is 152 Å². The Morgan fingerprint density at radius 3 is 2.69 bits per heavy atom. The van der Waals surface area contributed by atoms with Crippen molar-refractivity contribution in [3.63, 3.8) is 0 Å². The molecule has 0 spiro atoms. The fourth-order valence-electron chi connectivity index (χ4n) is 3.57. The highest BCUT2D eigenvalue weighted by Crippen LogP contribution is 2.46. The molecule has 0 aromatic heterocycles. The maximum Gasteiger partial charge on any atom is 0.338 e. The summed E-state index contributed by atoms with van der Waals surface area (Å²) in [6.45, 7) is 6.44.